The van der Waals surface area contributed by atoms with Gasteiger partial charge in [0.25, 0.3) is 0 Å². The minimum absolute atomic E-state index is 0.333. The van der Waals surface area contributed by atoms with Gasteiger partial charge in [-0.25, -0.2) is 14.4 Å². The van der Waals surface area contributed by atoms with Crippen molar-refractivity contribution in [3.05, 3.63) is 90.7 Å². The van der Waals surface area contributed by atoms with Crippen molar-refractivity contribution >= 4 is 0 Å². The van der Waals surface area contributed by atoms with E-state index in [1.165, 1.54) is 6.07 Å². The summed E-state index contributed by atoms with van der Waals surface area (Å²) in [5.74, 6) is 0.787. The Balaban J connectivity index is 1.43. The molecule has 6 heteroatoms. The highest BCUT2D eigenvalue weighted by Gasteiger charge is 2.15. The second kappa shape index (κ2) is 6.74. The van der Waals surface area contributed by atoms with Gasteiger partial charge < -0.3 is 9.09 Å². The van der Waals surface area contributed by atoms with Crippen molar-refractivity contribution in [2.24, 2.45) is 0 Å². The maximum atomic E-state index is 14.0. The molecule has 0 bridgehead atoms. The lowest BCUT2D eigenvalue weighted by Crippen LogP contribution is -1.99. The highest BCUT2D eigenvalue weighted by Crippen LogP contribution is 2.26. The highest BCUT2D eigenvalue weighted by molar-refractivity contribution is 5.66. The van der Waals surface area contributed by atoms with Crippen molar-refractivity contribution < 1.29 is 8.91 Å². The van der Waals surface area contributed by atoms with E-state index in [0.717, 1.165) is 22.7 Å². The molecule has 3 aromatic rings. The average Bonchev–Trinajstić information content (AvgIpc) is 3.36. The molecule has 136 valence electrons. The van der Waals surface area contributed by atoms with Gasteiger partial charge in [-0.1, -0.05) is 47.6 Å². The number of hydrogen-bond acceptors (Lipinski definition) is 4. The quantitative estimate of drug-likeness (QED) is 0.452. The predicted octanol–water partition coefficient (Wildman–Crippen LogP) is 4.89. The van der Waals surface area contributed by atoms with E-state index in [4.69, 9.17) is 4.52 Å². The normalized spacial score (nSPS) is 11.2. The summed E-state index contributed by atoms with van der Waals surface area (Å²) >= 11 is 0. The summed E-state index contributed by atoms with van der Waals surface area (Å²) in [5.41, 5.74) is 3.62. The summed E-state index contributed by atoms with van der Waals surface area (Å²) in [6.07, 6.45) is 3.77. The Labute approximate surface area is 160 Å². The molecule has 5 nitrogen and oxygen atoms in total. The summed E-state index contributed by atoms with van der Waals surface area (Å²) in [7, 11) is 0. The molecule has 5 rings (SSSR count). The smallest absolute Gasteiger partial charge is 0.163 e. The molecule has 0 radical (unpaired) electrons. The molecule has 0 atom stereocenters. The van der Waals surface area contributed by atoms with Gasteiger partial charge in [0.2, 0.25) is 0 Å². The van der Waals surface area contributed by atoms with E-state index >= 15 is 0 Å². The summed E-state index contributed by atoms with van der Waals surface area (Å²) < 4.78 is 21.4. The molecule has 0 saturated carbocycles. The molecule has 28 heavy (non-hydrogen) atoms. The van der Waals surface area contributed by atoms with E-state index in [1.54, 1.807) is 18.2 Å². The lowest BCUT2D eigenvalue weighted by Gasteiger charge is -2.04. The Hall–Kier alpha value is -3.80. The molecule has 2 aliphatic heterocycles. The summed E-state index contributed by atoms with van der Waals surface area (Å²) in [6, 6.07) is 20.2. The third kappa shape index (κ3) is 3.05. The van der Waals surface area contributed by atoms with E-state index in [1.807, 2.05) is 59.4 Å². The number of benzene rings is 2. The predicted molar refractivity (Wildman–Crippen MR) is 103 cm³/mol. The number of fused-ring (bicyclic) bond motifs is 1. The van der Waals surface area contributed by atoms with E-state index in [2.05, 4.69) is 15.1 Å². The first-order valence-corrected chi connectivity index (χ1v) is 8.86. The van der Waals surface area contributed by atoms with Crippen molar-refractivity contribution in [3.8, 4) is 34.0 Å². The zero-order valence-corrected chi connectivity index (χ0v) is 14.8. The van der Waals surface area contributed by atoms with Crippen LogP contribution in [0.25, 0.3) is 34.0 Å². The lowest BCUT2D eigenvalue weighted by atomic mass is 10.1. The van der Waals surface area contributed by atoms with Gasteiger partial charge in [0.05, 0.1) is 17.8 Å². The Morgan fingerprint density at radius 1 is 0.857 bits per heavy atom. The first kappa shape index (κ1) is 16.4. The second-order valence-corrected chi connectivity index (χ2v) is 6.46. The van der Waals surface area contributed by atoms with Crippen LogP contribution in [0.3, 0.4) is 0 Å². The molecule has 0 spiro atoms. The standard InChI is InChI=1S/C22H15FN4O/c23-18-9-5-4-8-17(18)22-24-19-10-11-27(14-21(19)25-22)13-16-12-20(26-28-16)15-6-2-1-3-7-15/h1-12,14H,13H2. The molecular weight excluding hydrogens is 355 g/mol. The molecule has 0 fully saturated rings. The zero-order valence-electron chi connectivity index (χ0n) is 14.8. The molecular formula is C22H15FN4O. The zero-order chi connectivity index (χ0) is 18.9. The molecule has 3 heterocycles. The van der Waals surface area contributed by atoms with Gasteiger partial charge in [-0.3, -0.25) is 0 Å². The summed E-state index contributed by atoms with van der Waals surface area (Å²) in [5, 5.41) is 4.14. The van der Waals surface area contributed by atoms with Gasteiger partial charge in [-0.2, -0.15) is 0 Å². The van der Waals surface area contributed by atoms with E-state index < -0.39 is 0 Å². The number of rotatable bonds is 4. The number of imidazole rings is 1. The van der Waals surface area contributed by atoms with Gasteiger partial charge >= 0.3 is 0 Å². The Bertz CT molecular complexity index is 1210. The number of nitrogens with zero attached hydrogens (tertiary/aromatic N) is 4. The fraction of sp³-hybridized carbons (Fsp3) is 0.0455. The largest absolute Gasteiger partial charge is 0.359 e. The average molecular weight is 370 g/mol. The van der Waals surface area contributed by atoms with Crippen LogP contribution in [0.5, 0.6) is 0 Å². The molecule has 0 unspecified atom stereocenters. The highest BCUT2D eigenvalue weighted by atomic mass is 19.1. The van der Waals surface area contributed by atoms with Crippen LogP contribution in [0, 0.1) is 5.82 Å². The van der Waals surface area contributed by atoms with Crippen LogP contribution < -0.4 is 0 Å². The van der Waals surface area contributed by atoms with Gasteiger partial charge in [-0.05, 0) is 18.2 Å². The first-order chi connectivity index (χ1) is 13.8. The van der Waals surface area contributed by atoms with E-state index in [-0.39, 0.29) is 5.82 Å². The van der Waals surface area contributed by atoms with Gasteiger partial charge in [0.1, 0.15) is 17.2 Å². The molecule has 2 aromatic carbocycles. The molecule has 0 aliphatic carbocycles. The summed E-state index contributed by atoms with van der Waals surface area (Å²) in [4.78, 5) is 8.92. The van der Waals surface area contributed by atoms with Crippen LogP contribution in [0.2, 0.25) is 0 Å². The second-order valence-electron chi connectivity index (χ2n) is 6.46. The summed E-state index contributed by atoms with van der Waals surface area (Å²) in [6.45, 7) is 0.512. The number of hydrogen-bond donors (Lipinski definition) is 0. The lowest BCUT2D eigenvalue weighted by molar-refractivity contribution is 0.378. The number of halogens is 1. The monoisotopic (exact) mass is 370 g/mol. The van der Waals surface area contributed by atoms with Crippen molar-refractivity contribution in [3.63, 3.8) is 0 Å². The van der Waals surface area contributed by atoms with Crippen molar-refractivity contribution in [1.29, 1.82) is 0 Å². The molecule has 0 amide bonds. The maximum Gasteiger partial charge on any atom is 0.163 e. The van der Waals surface area contributed by atoms with Gasteiger partial charge in [0.15, 0.2) is 11.6 Å². The van der Waals surface area contributed by atoms with Crippen LogP contribution in [0.15, 0.2) is 83.6 Å². The van der Waals surface area contributed by atoms with Crippen LogP contribution in [0.1, 0.15) is 5.76 Å². The molecule has 0 saturated heterocycles. The third-order valence-corrected chi connectivity index (χ3v) is 4.51. The topological polar surface area (TPSA) is 56.7 Å². The van der Waals surface area contributed by atoms with Crippen LogP contribution in [-0.2, 0) is 6.54 Å². The van der Waals surface area contributed by atoms with E-state index in [9.17, 15) is 4.39 Å². The van der Waals surface area contributed by atoms with Crippen LogP contribution in [0.4, 0.5) is 4.39 Å². The Kier molecular flexibility index (Phi) is 3.94. The Morgan fingerprint density at radius 3 is 2.50 bits per heavy atom. The molecule has 1 aromatic heterocycles. The third-order valence-electron chi connectivity index (χ3n) is 4.51. The minimum atomic E-state index is -0.333. The number of aromatic nitrogens is 4. The number of pyridine rings is 1. The van der Waals surface area contributed by atoms with Crippen LogP contribution >= 0.6 is 0 Å². The molecule has 2 aliphatic rings. The van der Waals surface area contributed by atoms with Gasteiger partial charge in [0, 0.05) is 24.0 Å². The fourth-order valence-corrected chi connectivity index (χ4v) is 3.13. The first-order valence-electron chi connectivity index (χ1n) is 8.86. The fourth-order valence-electron chi connectivity index (χ4n) is 3.13. The minimum Gasteiger partial charge on any atom is -0.359 e. The van der Waals surface area contributed by atoms with Crippen molar-refractivity contribution in [2.75, 3.05) is 0 Å². The molecule has 0 N–H and O–H groups in total. The van der Waals surface area contributed by atoms with Crippen LogP contribution in [-0.4, -0.2) is 19.7 Å². The maximum absolute atomic E-state index is 14.0. The van der Waals surface area contributed by atoms with Gasteiger partial charge in [-0.15, -0.1) is 0 Å². The van der Waals surface area contributed by atoms with Crippen molar-refractivity contribution in [1.82, 2.24) is 19.7 Å². The SMILES string of the molecule is Fc1ccccc1-c1nc2ccn(Cc3cc(-c4ccccc4)no3)cc-2n1. The van der Waals surface area contributed by atoms with E-state index in [0.29, 0.717) is 23.6 Å². The van der Waals surface area contributed by atoms with Crippen molar-refractivity contribution in [2.45, 2.75) is 6.54 Å². The Morgan fingerprint density at radius 2 is 1.64 bits per heavy atom.